The van der Waals surface area contributed by atoms with Crippen LogP contribution in [-0.4, -0.2) is 68.7 Å². The average molecular weight is 410 g/mol. The minimum absolute atomic E-state index is 0.0519. The van der Waals surface area contributed by atoms with E-state index in [1.807, 2.05) is 73.5 Å². The van der Waals surface area contributed by atoms with Crippen LogP contribution in [-0.2, 0) is 9.59 Å². The van der Waals surface area contributed by atoms with E-state index in [2.05, 4.69) is 0 Å². The van der Waals surface area contributed by atoms with Crippen molar-refractivity contribution in [3.05, 3.63) is 54.6 Å². The van der Waals surface area contributed by atoms with Gasteiger partial charge in [-0.15, -0.1) is 0 Å². The molecular formula is C23H28N3O4+. The van der Waals surface area contributed by atoms with Crippen molar-refractivity contribution in [2.24, 2.45) is 0 Å². The normalized spacial score (nSPS) is 19.8. The van der Waals surface area contributed by atoms with Gasteiger partial charge in [0.2, 0.25) is 6.10 Å². The topological polar surface area (TPSA) is 63.5 Å². The number of likely N-dealkylation sites (N-methyl/N-ethyl adjacent to an activating group) is 1. The molecule has 2 aromatic rings. The molecule has 30 heavy (non-hydrogen) atoms. The number of rotatable bonds is 4. The Morgan fingerprint density at radius 3 is 2.37 bits per heavy atom. The SMILES string of the molecule is C[C@H](C(=O)N(C)c1ccccc1)[NH+]1CCN(C(=O)[C@@H]2COc3ccccc3O2)CC1. The molecule has 0 unspecified atom stereocenters. The maximum Gasteiger partial charge on any atom is 0.284 e. The molecule has 0 aliphatic carbocycles. The molecule has 2 amide bonds. The predicted octanol–water partition coefficient (Wildman–Crippen LogP) is 0.605. The van der Waals surface area contributed by atoms with E-state index in [4.69, 9.17) is 9.47 Å². The van der Waals surface area contributed by atoms with Gasteiger partial charge < -0.3 is 24.2 Å². The van der Waals surface area contributed by atoms with E-state index >= 15 is 0 Å². The Morgan fingerprint density at radius 2 is 1.67 bits per heavy atom. The molecule has 2 aromatic carbocycles. The highest BCUT2D eigenvalue weighted by molar-refractivity contribution is 5.95. The molecule has 0 spiro atoms. The number of quaternary nitrogens is 1. The van der Waals surface area contributed by atoms with E-state index in [1.54, 1.807) is 4.90 Å². The summed E-state index contributed by atoms with van der Waals surface area (Å²) in [5.41, 5.74) is 0.886. The molecule has 4 rings (SSSR count). The van der Waals surface area contributed by atoms with E-state index in [0.717, 1.165) is 18.8 Å². The van der Waals surface area contributed by atoms with Gasteiger partial charge in [0.1, 0.15) is 6.61 Å². The number of nitrogens with zero attached hydrogens (tertiary/aromatic N) is 2. The van der Waals surface area contributed by atoms with Crippen LogP contribution in [0.4, 0.5) is 5.69 Å². The third-order valence-electron chi connectivity index (χ3n) is 5.96. The molecule has 2 aliphatic heterocycles. The number of hydrogen-bond acceptors (Lipinski definition) is 4. The largest absolute Gasteiger partial charge is 0.485 e. The van der Waals surface area contributed by atoms with Crippen LogP contribution < -0.4 is 19.3 Å². The number of fused-ring (bicyclic) bond motifs is 1. The molecule has 7 heteroatoms. The number of carbonyl (C=O) groups is 2. The summed E-state index contributed by atoms with van der Waals surface area (Å²) in [6.07, 6.45) is -0.621. The Hall–Kier alpha value is -3.06. The van der Waals surface area contributed by atoms with E-state index < -0.39 is 6.10 Å². The minimum atomic E-state index is -0.621. The summed E-state index contributed by atoms with van der Waals surface area (Å²) < 4.78 is 11.5. The highest BCUT2D eigenvalue weighted by Crippen LogP contribution is 2.31. The molecule has 1 N–H and O–H groups in total. The van der Waals surface area contributed by atoms with Crippen molar-refractivity contribution in [2.45, 2.75) is 19.1 Å². The summed E-state index contributed by atoms with van der Waals surface area (Å²) >= 11 is 0. The molecule has 158 valence electrons. The minimum Gasteiger partial charge on any atom is -0.485 e. The Bertz CT molecular complexity index is 896. The maximum absolute atomic E-state index is 12.9. The molecule has 2 aliphatic rings. The van der Waals surface area contributed by atoms with Gasteiger partial charge in [-0.05, 0) is 31.2 Å². The summed E-state index contributed by atoms with van der Waals surface area (Å²) in [6.45, 7) is 4.84. The van der Waals surface area contributed by atoms with Crippen LogP contribution in [0, 0.1) is 0 Å². The summed E-state index contributed by atoms with van der Waals surface area (Å²) in [7, 11) is 1.81. The molecule has 2 atom stereocenters. The van der Waals surface area contributed by atoms with Crippen LogP contribution in [0.1, 0.15) is 6.92 Å². The summed E-state index contributed by atoms with van der Waals surface area (Å²) in [4.78, 5) is 30.5. The lowest BCUT2D eigenvalue weighted by molar-refractivity contribution is -0.917. The number of hydrogen-bond donors (Lipinski definition) is 1. The van der Waals surface area contributed by atoms with Crippen molar-refractivity contribution in [2.75, 3.05) is 44.7 Å². The third-order valence-corrected chi connectivity index (χ3v) is 5.96. The summed E-state index contributed by atoms with van der Waals surface area (Å²) in [5, 5.41) is 0. The number of piperazine rings is 1. The van der Waals surface area contributed by atoms with Gasteiger partial charge in [-0.3, -0.25) is 9.59 Å². The lowest BCUT2D eigenvalue weighted by Crippen LogP contribution is -3.19. The van der Waals surface area contributed by atoms with Crippen molar-refractivity contribution >= 4 is 17.5 Å². The molecule has 0 saturated carbocycles. The fourth-order valence-corrected chi connectivity index (χ4v) is 4.04. The number of para-hydroxylation sites is 3. The van der Waals surface area contributed by atoms with Gasteiger partial charge in [0.25, 0.3) is 11.8 Å². The first-order valence-electron chi connectivity index (χ1n) is 10.4. The summed E-state index contributed by atoms with van der Waals surface area (Å²) in [5.74, 6) is 1.31. The molecule has 0 aromatic heterocycles. The molecule has 1 fully saturated rings. The Balaban J connectivity index is 1.31. The van der Waals surface area contributed by atoms with Crippen LogP contribution in [0.15, 0.2) is 54.6 Å². The second-order valence-corrected chi connectivity index (χ2v) is 7.80. The molecular weight excluding hydrogens is 382 g/mol. The fourth-order valence-electron chi connectivity index (χ4n) is 4.04. The summed E-state index contributed by atoms with van der Waals surface area (Å²) in [6, 6.07) is 16.9. The van der Waals surface area contributed by atoms with Gasteiger partial charge in [0.15, 0.2) is 17.5 Å². The van der Waals surface area contributed by atoms with E-state index in [9.17, 15) is 9.59 Å². The monoisotopic (exact) mass is 410 g/mol. The zero-order valence-corrected chi connectivity index (χ0v) is 17.4. The molecule has 0 bridgehead atoms. The Labute approximate surface area is 176 Å². The van der Waals surface area contributed by atoms with Crippen LogP contribution >= 0.6 is 0 Å². The van der Waals surface area contributed by atoms with Crippen LogP contribution in [0.25, 0.3) is 0 Å². The standard InChI is InChI=1S/C23H27N3O4/c1-17(22(27)24(2)18-8-4-3-5-9-18)25-12-14-26(15-13-25)23(28)21-16-29-19-10-6-7-11-20(19)30-21/h3-11,17,21H,12-16H2,1-2H3/p+1/t17-,21+/m1/s1. The molecule has 7 nitrogen and oxygen atoms in total. The van der Waals surface area contributed by atoms with Crippen molar-refractivity contribution in [3.63, 3.8) is 0 Å². The van der Waals surface area contributed by atoms with E-state index in [1.165, 1.54) is 4.90 Å². The lowest BCUT2D eigenvalue weighted by Gasteiger charge is -2.37. The fraction of sp³-hybridized carbons (Fsp3) is 0.391. The second-order valence-electron chi connectivity index (χ2n) is 7.80. The van der Waals surface area contributed by atoms with Crippen LogP contribution in [0.3, 0.4) is 0 Å². The van der Waals surface area contributed by atoms with Crippen molar-refractivity contribution in [1.29, 1.82) is 0 Å². The smallest absolute Gasteiger partial charge is 0.284 e. The van der Waals surface area contributed by atoms with Gasteiger partial charge >= 0.3 is 0 Å². The average Bonchev–Trinajstić information content (AvgIpc) is 2.82. The molecule has 1 saturated heterocycles. The van der Waals surface area contributed by atoms with Crippen molar-refractivity contribution in [1.82, 2.24) is 4.90 Å². The van der Waals surface area contributed by atoms with Gasteiger partial charge in [-0.1, -0.05) is 30.3 Å². The van der Waals surface area contributed by atoms with E-state index in [0.29, 0.717) is 24.6 Å². The van der Waals surface area contributed by atoms with Crippen LogP contribution in [0.5, 0.6) is 11.5 Å². The van der Waals surface area contributed by atoms with Gasteiger partial charge in [-0.25, -0.2) is 0 Å². The number of benzene rings is 2. The first-order chi connectivity index (χ1) is 14.5. The van der Waals surface area contributed by atoms with Gasteiger partial charge in [-0.2, -0.15) is 0 Å². The Morgan fingerprint density at radius 1 is 1.03 bits per heavy atom. The number of anilines is 1. The molecule has 2 heterocycles. The highest BCUT2D eigenvalue weighted by Gasteiger charge is 2.36. The first-order valence-corrected chi connectivity index (χ1v) is 10.4. The number of amides is 2. The number of ether oxygens (including phenoxy) is 2. The Kier molecular flexibility index (Phi) is 5.90. The van der Waals surface area contributed by atoms with Gasteiger partial charge in [0.05, 0.1) is 26.2 Å². The number of carbonyl (C=O) groups excluding carboxylic acids is 2. The van der Waals surface area contributed by atoms with E-state index in [-0.39, 0.29) is 24.5 Å². The lowest BCUT2D eigenvalue weighted by atomic mass is 10.1. The molecule has 0 radical (unpaired) electrons. The van der Waals surface area contributed by atoms with Gasteiger partial charge in [0, 0.05) is 12.7 Å². The van der Waals surface area contributed by atoms with Crippen LogP contribution in [0.2, 0.25) is 0 Å². The third kappa shape index (κ3) is 4.11. The quantitative estimate of drug-likeness (QED) is 0.802. The highest BCUT2D eigenvalue weighted by atomic mass is 16.6. The maximum atomic E-state index is 12.9. The zero-order chi connectivity index (χ0) is 21.1. The predicted molar refractivity (Wildman–Crippen MR) is 113 cm³/mol. The zero-order valence-electron chi connectivity index (χ0n) is 17.4. The van der Waals surface area contributed by atoms with Crippen molar-refractivity contribution in [3.8, 4) is 11.5 Å². The first kappa shape index (κ1) is 20.2. The number of nitrogens with one attached hydrogen (secondary N) is 1. The van der Waals surface area contributed by atoms with Crippen molar-refractivity contribution < 1.29 is 24.0 Å². The second kappa shape index (κ2) is 8.75.